The number of hydrogen-bond donors (Lipinski definition) is 0. The number of aldehydes is 1. The Hall–Kier alpha value is -1.12. The predicted octanol–water partition coefficient (Wildman–Crippen LogP) is 2.73. The van der Waals surface area contributed by atoms with Crippen molar-refractivity contribution in [3.63, 3.8) is 0 Å². The van der Waals surface area contributed by atoms with Crippen molar-refractivity contribution < 1.29 is 9.21 Å². The van der Waals surface area contributed by atoms with Gasteiger partial charge in [-0.05, 0) is 5.92 Å². The van der Waals surface area contributed by atoms with Gasteiger partial charge in [-0.15, -0.1) is 0 Å². The van der Waals surface area contributed by atoms with Crippen molar-refractivity contribution in [3.8, 4) is 0 Å². The molecule has 13 heavy (non-hydrogen) atoms. The van der Waals surface area contributed by atoms with Crippen LogP contribution in [0.3, 0.4) is 0 Å². The second-order valence-corrected chi connectivity index (χ2v) is 3.73. The Bertz CT molecular complexity index is 274. The lowest BCUT2D eigenvalue weighted by atomic mass is 10.0. The average molecular weight is 181 g/mol. The summed E-state index contributed by atoms with van der Waals surface area (Å²) >= 11 is 0. The van der Waals surface area contributed by atoms with Gasteiger partial charge in [-0.2, -0.15) is 0 Å². The maximum absolute atomic E-state index is 10.5. The van der Waals surface area contributed by atoms with E-state index in [1.807, 2.05) is 27.7 Å². The Morgan fingerprint density at radius 1 is 1.23 bits per heavy atom. The minimum Gasteiger partial charge on any atom is -0.439 e. The van der Waals surface area contributed by atoms with Gasteiger partial charge in [0.1, 0.15) is 5.76 Å². The van der Waals surface area contributed by atoms with E-state index in [0.29, 0.717) is 12.2 Å². The fourth-order valence-corrected chi connectivity index (χ4v) is 1.24. The molecule has 0 bridgehead atoms. The number of nitrogens with zero attached hydrogens (tertiary/aromatic N) is 1. The number of rotatable bonds is 3. The van der Waals surface area contributed by atoms with E-state index >= 15 is 0 Å². The summed E-state index contributed by atoms with van der Waals surface area (Å²) in [4.78, 5) is 14.6. The molecule has 0 aromatic carbocycles. The van der Waals surface area contributed by atoms with Crippen molar-refractivity contribution in [2.45, 2.75) is 39.5 Å². The summed E-state index contributed by atoms with van der Waals surface area (Å²) in [6.07, 6.45) is 0.651. The third kappa shape index (κ3) is 1.97. The molecule has 0 amide bonds. The molecule has 0 unspecified atom stereocenters. The fourth-order valence-electron chi connectivity index (χ4n) is 1.24. The van der Waals surface area contributed by atoms with Crippen LogP contribution in [0.2, 0.25) is 0 Å². The van der Waals surface area contributed by atoms with E-state index in [0.717, 1.165) is 11.5 Å². The molecule has 0 aliphatic rings. The molecule has 1 heterocycles. The summed E-state index contributed by atoms with van der Waals surface area (Å²) in [6, 6.07) is 0. The molecule has 0 aliphatic carbocycles. The first-order valence-corrected chi connectivity index (χ1v) is 4.52. The second kappa shape index (κ2) is 3.73. The summed E-state index contributed by atoms with van der Waals surface area (Å²) < 4.78 is 5.31. The van der Waals surface area contributed by atoms with Gasteiger partial charge in [0, 0.05) is 5.92 Å². The first-order chi connectivity index (χ1) is 6.06. The topological polar surface area (TPSA) is 43.1 Å². The Labute approximate surface area is 78.2 Å². The molecule has 0 fully saturated rings. The van der Waals surface area contributed by atoms with Crippen molar-refractivity contribution in [2.75, 3.05) is 0 Å². The number of hydrogen-bond acceptors (Lipinski definition) is 3. The van der Waals surface area contributed by atoms with Gasteiger partial charge in [0.05, 0.1) is 5.69 Å². The van der Waals surface area contributed by atoms with Gasteiger partial charge in [0.25, 0.3) is 5.89 Å². The summed E-state index contributed by atoms with van der Waals surface area (Å²) in [7, 11) is 0. The van der Waals surface area contributed by atoms with E-state index in [1.54, 1.807) is 0 Å². The molecular formula is C10H15NO2. The molecule has 0 N–H and O–H groups in total. The molecule has 0 radical (unpaired) electrons. The van der Waals surface area contributed by atoms with Crippen molar-refractivity contribution >= 4 is 6.29 Å². The Morgan fingerprint density at radius 2 is 1.85 bits per heavy atom. The highest BCUT2D eigenvalue weighted by atomic mass is 16.4. The summed E-state index contributed by atoms with van der Waals surface area (Å²) in [5.41, 5.74) is 0.900. The van der Waals surface area contributed by atoms with Crippen molar-refractivity contribution in [1.29, 1.82) is 0 Å². The van der Waals surface area contributed by atoms with Gasteiger partial charge >= 0.3 is 0 Å². The Kier molecular flexibility index (Phi) is 2.86. The number of aromatic nitrogens is 1. The van der Waals surface area contributed by atoms with Crippen LogP contribution in [-0.2, 0) is 0 Å². The summed E-state index contributed by atoms with van der Waals surface area (Å²) in [6.45, 7) is 8.14. The monoisotopic (exact) mass is 181 g/mol. The third-order valence-electron chi connectivity index (χ3n) is 1.87. The highest BCUT2D eigenvalue weighted by Crippen LogP contribution is 2.25. The van der Waals surface area contributed by atoms with Crippen molar-refractivity contribution in [2.24, 2.45) is 0 Å². The van der Waals surface area contributed by atoms with Crippen molar-refractivity contribution in [3.05, 3.63) is 17.3 Å². The zero-order valence-electron chi connectivity index (χ0n) is 8.50. The molecule has 0 aliphatic heterocycles. The van der Waals surface area contributed by atoms with E-state index < -0.39 is 0 Å². The number of carbonyl (C=O) groups excluding carboxylic acids is 1. The lowest BCUT2D eigenvalue weighted by Gasteiger charge is -2.05. The van der Waals surface area contributed by atoms with Gasteiger partial charge in [0.2, 0.25) is 6.29 Å². The lowest BCUT2D eigenvalue weighted by Crippen LogP contribution is -1.95. The molecule has 1 rings (SSSR count). The molecule has 0 saturated heterocycles. The SMILES string of the molecule is CC(C)c1nc(C=O)oc1C(C)C. The van der Waals surface area contributed by atoms with E-state index in [-0.39, 0.29) is 11.8 Å². The highest BCUT2D eigenvalue weighted by molar-refractivity contribution is 5.67. The van der Waals surface area contributed by atoms with Gasteiger partial charge in [-0.3, -0.25) is 4.79 Å². The second-order valence-electron chi connectivity index (χ2n) is 3.73. The predicted molar refractivity (Wildman–Crippen MR) is 50.1 cm³/mol. The van der Waals surface area contributed by atoms with Gasteiger partial charge in [0.15, 0.2) is 0 Å². The van der Waals surface area contributed by atoms with E-state index in [2.05, 4.69) is 4.98 Å². The van der Waals surface area contributed by atoms with Crippen LogP contribution in [0, 0.1) is 0 Å². The van der Waals surface area contributed by atoms with Gasteiger partial charge in [-0.1, -0.05) is 27.7 Å². The lowest BCUT2D eigenvalue weighted by molar-refractivity contribution is 0.109. The summed E-state index contributed by atoms with van der Waals surface area (Å²) in [5.74, 6) is 1.60. The van der Waals surface area contributed by atoms with E-state index in [4.69, 9.17) is 4.42 Å². The minimum absolute atomic E-state index is 0.187. The first kappa shape index (κ1) is 9.96. The van der Waals surface area contributed by atoms with E-state index in [1.165, 1.54) is 0 Å². The smallest absolute Gasteiger partial charge is 0.260 e. The maximum Gasteiger partial charge on any atom is 0.260 e. The molecule has 0 atom stereocenters. The molecule has 0 saturated carbocycles. The normalized spacial score (nSPS) is 11.2. The highest BCUT2D eigenvalue weighted by Gasteiger charge is 2.17. The van der Waals surface area contributed by atoms with Crippen molar-refractivity contribution in [1.82, 2.24) is 4.98 Å². The largest absolute Gasteiger partial charge is 0.439 e. The number of carbonyl (C=O) groups is 1. The molecule has 72 valence electrons. The Morgan fingerprint density at radius 3 is 2.15 bits per heavy atom. The quantitative estimate of drug-likeness (QED) is 0.673. The Balaban J connectivity index is 3.15. The zero-order chi connectivity index (χ0) is 10.0. The maximum atomic E-state index is 10.5. The van der Waals surface area contributed by atoms with Crippen LogP contribution in [0.5, 0.6) is 0 Å². The number of oxazole rings is 1. The van der Waals surface area contributed by atoms with Crippen LogP contribution in [0.25, 0.3) is 0 Å². The molecule has 1 aromatic rings. The fraction of sp³-hybridized carbons (Fsp3) is 0.600. The molecule has 1 aromatic heterocycles. The van der Waals surface area contributed by atoms with Crippen LogP contribution >= 0.6 is 0 Å². The van der Waals surface area contributed by atoms with Crippen LogP contribution in [0.15, 0.2) is 4.42 Å². The molecular weight excluding hydrogens is 166 g/mol. The standard InChI is InChI=1S/C10H15NO2/c1-6(2)9-10(7(3)4)13-8(5-12)11-9/h5-7H,1-4H3. The zero-order valence-corrected chi connectivity index (χ0v) is 8.50. The molecule has 3 heteroatoms. The molecule has 0 spiro atoms. The van der Waals surface area contributed by atoms with Gasteiger partial charge < -0.3 is 4.42 Å². The first-order valence-electron chi connectivity index (χ1n) is 4.52. The average Bonchev–Trinajstić information content (AvgIpc) is 2.47. The summed E-state index contributed by atoms with van der Waals surface area (Å²) in [5, 5.41) is 0. The third-order valence-corrected chi connectivity index (χ3v) is 1.87. The molecule has 3 nitrogen and oxygen atoms in total. The van der Waals surface area contributed by atoms with Crippen LogP contribution < -0.4 is 0 Å². The van der Waals surface area contributed by atoms with Crippen LogP contribution in [0.1, 0.15) is 61.7 Å². The van der Waals surface area contributed by atoms with Gasteiger partial charge in [-0.25, -0.2) is 4.98 Å². The van der Waals surface area contributed by atoms with Crippen LogP contribution in [-0.4, -0.2) is 11.3 Å². The minimum atomic E-state index is 0.187. The van der Waals surface area contributed by atoms with E-state index in [9.17, 15) is 4.79 Å². The van der Waals surface area contributed by atoms with Crippen LogP contribution in [0.4, 0.5) is 0 Å².